The van der Waals surface area contributed by atoms with Gasteiger partial charge in [-0.1, -0.05) is 0 Å². The SMILES string of the molecule is CC1(C)OB(c2cnc(N3CC[C@@H](C(=O)O)C3)nc2)OC1(C)C. The Balaban J connectivity index is 1.70. The van der Waals surface area contributed by atoms with Crippen molar-refractivity contribution in [2.24, 2.45) is 5.92 Å². The Morgan fingerprint density at radius 1 is 1.26 bits per heavy atom. The number of anilines is 1. The number of carboxylic acids is 1. The number of nitrogens with zero attached hydrogens (tertiary/aromatic N) is 3. The molecular formula is C15H22BN3O4. The molecule has 7 nitrogen and oxygen atoms in total. The van der Waals surface area contributed by atoms with Gasteiger partial charge in [0.1, 0.15) is 0 Å². The molecule has 23 heavy (non-hydrogen) atoms. The normalized spacial score (nSPS) is 25.8. The average Bonchev–Trinajstić information content (AvgIpc) is 3.03. The molecule has 0 amide bonds. The van der Waals surface area contributed by atoms with Gasteiger partial charge in [-0.3, -0.25) is 4.79 Å². The maximum absolute atomic E-state index is 11.0. The van der Waals surface area contributed by atoms with Crippen LogP contribution in [0, 0.1) is 5.92 Å². The van der Waals surface area contributed by atoms with Gasteiger partial charge in [-0.05, 0) is 34.1 Å². The van der Waals surface area contributed by atoms with E-state index in [0.29, 0.717) is 25.5 Å². The number of aromatic nitrogens is 2. The van der Waals surface area contributed by atoms with E-state index in [1.165, 1.54) is 0 Å². The van der Waals surface area contributed by atoms with Crippen LogP contribution in [0.4, 0.5) is 5.95 Å². The van der Waals surface area contributed by atoms with E-state index < -0.39 is 24.3 Å². The first-order chi connectivity index (χ1) is 10.7. The van der Waals surface area contributed by atoms with E-state index in [4.69, 9.17) is 14.4 Å². The Hall–Kier alpha value is -1.67. The van der Waals surface area contributed by atoms with Gasteiger partial charge >= 0.3 is 13.1 Å². The fourth-order valence-corrected chi connectivity index (χ4v) is 2.74. The lowest BCUT2D eigenvalue weighted by Crippen LogP contribution is -2.41. The molecule has 2 fully saturated rings. The van der Waals surface area contributed by atoms with Gasteiger partial charge in [0.25, 0.3) is 0 Å². The molecule has 2 aliphatic rings. The van der Waals surface area contributed by atoms with E-state index >= 15 is 0 Å². The minimum absolute atomic E-state index is 0.346. The quantitative estimate of drug-likeness (QED) is 0.820. The molecule has 0 aromatic carbocycles. The zero-order chi connectivity index (χ0) is 16.8. The molecule has 2 aliphatic heterocycles. The molecule has 1 aromatic heterocycles. The molecule has 1 atom stereocenters. The zero-order valence-electron chi connectivity index (χ0n) is 13.9. The summed E-state index contributed by atoms with van der Waals surface area (Å²) in [6, 6.07) is 0. The standard InChI is InChI=1S/C15H22BN3O4/c1-14(2)15(3,4)23-16(22-14)11-7-17-13(18-8-11)19-6-5-10(9-19)12(20)21/h7-8,10H,5-6,9H2,1-4H3,(H,20,21)/t10-/m1/s1. The highest BCUT2D eigenvalue weighted by Crippen LogP contribution is 2.36. The topological polar surface area (TPSA) is 84.8 Å². The van der Waals surface area contributed by atoms with Gasteiger partial charge in [0.2, 0.25) is 5.95 Å². The lowest BCUT2D eigenvalue weighted by Gasteiger charge is -2.32. The van der Waals surface area contributed by atoms with Gasteiger partial charge in [-0.15, -0.1) is 0 Å². The molecule has 0 saturated carbocycles. The Kier molecular flexibility index (Phi) is 3.84. The molecule has 3 heterocycles. The Morgan fingerprint density at radius 3 is 2.30 bits per heavy atom. The molecule has 3 rings (SSSR count). The van der Waals surface area contributed by atoms with Crippen molar-refractivity contribution in [1.29, 1.82) is 0 Å². The predicted molar refractivity (Wildman–Crippen MR) is 85.7 cm³/mol. The molecule has 1 N–H and O–H groups in total. The molecule has 0 bridgehead atoms. The summed E-state index contributed by atoms with van der Waals surface area (Å²) in [5.74, 6) is -0.559. The van der Waals surface area contributed by atoms with Crippen molar-refractivity contribution in [3.8, 4) is 0 Å². The lowest BCUT2D eigenvalue weighted by molar-refractivity contribution is -0.140. The second-order valence-corrected chi connectivity index (χ2v) is 7.17. The van der Waals surface area contributed by atoms with Crippen LogP contribution < -0.4 is 10.4 Å². The third-order valence-electron chi connectivity index (χ3n) is 5.00. The Morgan fingerprint density at radius 2 is 1.83 bits per heavy atom. The summed E-state index contributed by atoms with van der Waals surface area (Å²) in [4.78, 5) is 21.6. The lowest BCUT2D eigenvalue weighted by atomic mass is 9.81. The van der Waals surface area contributed by atoms with Crippen molar-refractivity contribution in [2.75, 3.05) is 18.0 Å². The number of carbonyl (C=O) groups is 1. The smallest absolute Gasteiger partial charge is 0.481 e. The van der Waals surface area contributed by atoms with Crippen LogP contribution in [0.1, 0.15) is 34.1 Å². The van der Waals surface area contributed by atoms with E-state index in [9.17, 15) is 4.79 Å². The fraction of sp³-hybridized carbons (Fsp3) is 0.667. The van der Waals surface area contributed by atoms with Crippen molar-refractivity contribution < 1.29 is 19.2 Å². The summed E-state index contributed by atoms with van der Waals surface area (Å²) in [6.07, 6.45) is 4.01. The van der Waals surface area contributed by atoms with Gasteiger partial charge in [0.15, 0.2) is 0 Å². The fourth-order valence-electron chi connectivity index (χ4n) is 2.74. The van der Waals surface area contributed by atoms with Gasteiger partial charge in [0, 0.05) is 30.9 Å². The number of aliphatic carboxylic acids is 1. The highest BCUT2D eigenvalue weighted by Gasteiger charge is 2.52. The largest absolute Gasteiger partial charge is 0.498 e. The molecule has 124 valence electrons. The molecule has 2 saturated heterocycles. The van der Waals surface area contributed by atoms with Crippen LogP contribution in [0.25, 0.3) is 0 Å². The molecule has 1 aromatic rings. The molecule has 8 heteroatoms. The molecule has 0 radical (unpaired) electrons. The highest BCUT2D eigenvalue weighted by molar-refractivity contribution is 6.61. The second-order valence-electron chi connectivity index (χ2n) is 7.17. The summed E-state index contributed by atoms with van der Waals surface area (Å²) < 4.78 is 11.9. The molecule has 0 unspecified atom stereocenters. The van der Waals surface area contributed by atoms with Crippen LogP contribution >= 0.6 is 0 Å². The van der Waals surface area contributed by atoms with Crippen molar-refractivity contribution in [2.45, 2.75) is 45.3 Å². The summed E-state index contributed by atoms with van der Waals surface area (Å²) in [6.45, 7) is 9.10. The van der Waals surface area contributed by atoms with Gasteiger partial charge in [-0.25, -0.2) is 9.97 Å². The minimum atomic E-state index is -0.763. The summed E-state index contributed by atoms with van der Waals surface area (Å²) in [5, 5.41) is 9.06. The first-order valence-corrected chi connectivity index (χ1v) is 7.85. The summed E-state index contributed by atoms with van der Waals surface area (Å²) >= 11 is 0. The minimum Gasteiger partial charge on any atom is -0.481 e. The number of carboxylic acid groups (broad SMARTS) is 1. The van der Waals surface area contributed by atoms with Crippen LogP contribution in [-0.4, -0.2) is 52.5 Å². The second kappa shape index (κ2) is 5.45. The van der Waals surface area contributed by atoms with E-state index in [1.807, 2.05) is 32.6 Å². The third-order valence-corrected chi connectivity index (χ3v) is 5.00. The van der Waals surface area contributed by atoms with Crippen molar-refractivity contribution >= 4 is 24.5 Å². The van der Waals surface area contributed by atoms with E-state index in [2.05, 4.69) is 9.97 Å². The zero-order valence-corrected chi connectivity index (χ0v) is 13.9. The van der Waals surface area contributed by atoms with E-state index in [-0.39, 0.29) is 5.92 Å². The monoisotopic (exact) mass is 319 g/mol. The number of hydrogen-bond acceptors (Lipinski definition) is 6. The van der Waals surface area contributed by atoms with Crippen molar-refractivity contribution in [1.82, 2.24) is 9.97 Å². The summed E-state index contributed by atoms with van der Waals surface area (Å²) in [7, 11) is -0.487. The summed E-state index contributed by atoms with van der Waals surface area (Å²) in [5.41, 5.74) is -0.0404. The molecular weight excluding hydrogens is 297 g/mol. The average molecular weight is 319 g/mol. The number of rotatable bonds is 3. The molecule has 0 aliphatic carbocycles. The first kappa shape index (κ1) is 16.2. The van der Waals surface area contributed by atoms with Gasteiger partial charge in [0.05, 0.1) is 17.1 Å². The van der Waals surface area contributed by atoms with Gasteiger partial charge in [-0.2, -0.15) is 0 Å². The van der Waals surface area contributed by atoms with Crippen LogP contribution in [0.3, 0.4) is 0 Å². The Bertz CT molecular complexity index is 589. The van der Waals surface area contributed by atoms with Crippen LogP contribution in [0.2, 0.25) is 0 Å². The van der Waals surface area contributed by atoms with Crippen molar-refractivity contribution in [3.05, 3.63) is 12.4 Å². The van der Waals surface area contributed by atoms with Crippen LogP contribution in [0.15, 0.2) is 12.4 Å². The molecule has 0 spiro atoms. The maximum Gasteiger partial charge on any atom is 0.498 e. The van der Waals surface area contributed by atoms with E-state index in [0.717, 1.165) is 5.46 Å². The third kappa shape index (κ3) is 2.93. The predicted octanol–water partition coefficient (Wildman–Crippen LogP) is 0.687. The maximum atomic E-state index is 11.0. The first-order valence-electron chi connectivity index (χ1n) is 7.85. The van der Waals surface area contributed by atoms with Crippen LogP contribution in [-0.2, 0) is 14.1 Å². The van der Waals surface area contributed by atoms with Crippen molar-refractivity contribution in [3.63, 3.8) is 0 Å². The van der Waals surface area contributed by atoms with Crippen LogP contribution in [0.5, 0.6) is 0 Å². The number of hydrogen-bond donors (Lipinski definition) is 1. The van der Waals surface area contributed by atoms with Gasteiger partial charge < -0.3 is 19.3 Å². The van der Waals surface area contributed by atoms with E-state index in [1.54, 1.807) is 12.4 Å². The Labute approximate surface area is 136 Å². The highest BCUT2D eigenvalue weighted by atomic mass is 16.7.